The van der Waals surface area contributed by atoms with Crippen LogP contribution in [0.2, 0.25) is 0 Å². The van der Waals surface area contributed by atoms with E-state index in [0.29, 0.717) is 12.2 Å². The minimum atomic E-state index is 0.0166. The highest BCUT2D eigenvalue weighted by Crippen LogP contribution is 2.37. The Morgan fingerprint density at radius 1 is 0.923 bits per heavy atom. The van der Waals surface area contributed by atoms with Gasteiger partial charge in [-0.15, -0.1) is 0 Å². The molecule has 3 rings (SSSR count). The SMILES string of the molecule is CCC[C@H]1C(=O)C[C@@H](c2ccc(OC)cc2)N[C@@H]1c1ccc(OC)cc1. The molecule has 0 unspecified atom stereocenters. The Bertz CT molecular complexity index is 724. The van der Waals surface area contributed by atoms with Crippen LogP contribution in [-0.4, -0.2) is 20.0 Å². The number of hydrogen-bond acceptors (Lipinski definition) is 4. The quantitative estimate of drug-likeness (QED) is 0.833. The molecule has 1 heterocycles. The van der Waals surface area contributed by atoms with Crippen LogP contribution in [0.25, 0.3) is 0 Å². The van der Waals surface area contributed by atoms with Crippen molar-refractivity contribution in [1.82, 2.24) is 5.32 Å². The summed E-state index contributed by atoms with van der Waals surface area (Å²) in [5, 5.41) is 3.72. The van der Waals surface area contributed by atoms with Crippen molar-refractivity contribution in [3.05, 3.63) is 59.7 Å². The third kappa shape index (κ3) is 3.91. The van der Waals surface area contributed by atoms with Crippen LogP contribution < -0.4 is 14.8 Å². The number of Topliss-reactive ketones (excluding diaryl/α,β-unsaturated/α-hetero) is 1. The lowest BCUT2D eigenvalue weighted by atomic mass is 9.79. The van der Waals surface area contributed by atoms with Gasteiger partial charge in [0.2, 0.25) is 0 Å². The molecule has 2 aromatic rings. The first-order valence-electron chi connectivity index (χ1n) is 9.23. The molecule has 1 fully saturated rings. The third-order valence-corrected chi connectivity index (χ3v) is 5.19. The Morgan fingerprint density at radius 3 is 1.96 bits per heavy atom. The molecule has 26 heavy (non-hydrogen) atoms. The molecule has 0 spiro atoms. The molecule has 2 aromatic carbocycles. The zero-order chi connectivity index (χ0) is 18.5. The maximum absolute atomic E-state index is 12.9. The third-order valence-electron chi connectivity index (χ3n) is 5.19. The predicted molar refractivity (Wildman–Crippen MR) is 103 cm³/mol. The van der Waals surface area contributed by atoms with E-state index in [-0.39, 0.29) is 18.0 Å². The highest BCUT2D eigenvalue weighted by atomic mass is 16.5. The van der Waals surface area contributed by atoms with Crippen LogP contribution in [-0.2, 0) is 4.79 Å². The number of methoxy groups -OCH3 is 2. The lowest BCUT2D eigenvalue weighted by molar-refractivity contribution is -0.127. The number of carbonyl (C=O) groups is 1. The average molecular weight is 353 g/mol. The van der Waals surface area contributed by atoms with E-state index < -0.39 is 0 Å². The fraction of sp³-hybridized carbons (Fsp3) is 0.409. The van der Waals surface area contributed by atoms with E-state index >= 15 is 0 Å². The first-order valence-corrected chi connectivity index (χ1v) is 9.23. The number of ether oxygens (including phenoxy) is 2. The van der Waals surface area contributed by atoms with Gasteiger partial charge in [-0.05, 0) is 41.8 Å². The van der Waals surface area contributed by atoms with Gasteiger partial charge < -0.3 is 14.8 Å². The number of piperidine rings is 1. The van der Waals surface area contributed by atoms with E-state index in [1.165, 1.54) is 0 Å². The number of nitrogens with one attached hydrogen (secondary N) is 1. The van der Waals surface area contributed by atoms with Crippen LogP contribution in [0.5, 0.6) is 11.5 Å². The van der Waals surface area contributed by atoms with Crippen molar-refractivity contribution in [3.8, 4) is 11.5 Å². The van der Waals surface area contributed by atoms with E-state index in [1.54, 1.807) is 14.2 Å². The van der Waals surface area contributed by atoms with Gasteiger partial charge in [0.1, 0.15) is 17.3 Å². The molecule has 1 aliphatic rings. The molecular formula is C22H27NO3. The molecule has 0 aromatic heterocycles. The van der Waals surface area contributed by atoms with E-state index in [1.807, 2.05) is 36.4 Å². The predicted octanol–water partition coefficient (Wildman–Crippen LogP) is 4.46. The lowest BCUT2D eigenvalue weighted by Crippen LogP contribution is -2.42. The minimum absolute atomic E-state index is 0.0166. The van der Waals surface area contributed by atoms with Crippen molar-refractivity contribution in [2.75, 3.05) is 14.2 Å². The van der Waals surface area contributed by atoms with Crippen molar-refractivity contribution < 1.29 is 14.3 Å². The molecule has 1 aliphatic heterocycles. The summed E-state index contributed by atoms with van der Waals surface area (Å²) in [5.41, 5.74) is 2.25. The molecule has 0 amide bonds. The zero-order valence-corrected chi connectivity index (χ0v) is 15.7. The number of rotatable bonds is 6. The van der Waals surface area contributed by atoms with Gasteiger partial charge in [-0.3, -0.25) is 4.79 Å². The number of hydrogen-bond donors (Lipinski definition) is 1. The van der Waals surface area contributed by atoms with Crippen molar-refractivity contribution in [3.63, 3.8) is 0 Å². The highest BCUT2D eigenvalue weighted by Gasteiger charge is 2.36. The Hall–Kier alpha value is -2.33. The van der Waals surface area contributed by atoms with Gasteiger partial charge in [-0.25, -0.2) is 0 Å². The molecule has 4 nitrogen and oxygen atoms in total. The molecular weight excluding hydrogens is 326 g/mol. The summed E-state index contributed by atoms with van der Waals surface area (Å²) in [6.07, 6.45) is 2.43. The molecule has 138 valence electrons. The summed E-state index contributed by atoms with van der Waals surface area (Å²) in [6, 6.07) is 16.0. The largest absolute Gasteiger partial charge is 0.497 e. The molecule has 1 N–H and O–H groups in total. The summed E-state index contributed by atoms with van der Waals surface area (Å²) in [7, 11) is 3.32. The van der Waals surface area contributed by atoms with Gasteiger partial charge in [0, 0.05) is 24.4 Å². The van der Waals surface area contributed by atoms with Crippen molar-refractivity contribution >= 4 is 5.78 Å². The molecule has 0 bridgehead atoms. The van der Waals surface area contributed by atoms with Crippen LogP contribution in [0.3, 0.4) is 0 Å². The van der Waals surface area contributed by atoms with E-state index in [0.717, 1.165) is 35.5 Å². The Balaban J connectivity index is 1.87. The molecule has 0 saturated carbocycles. The van der Waals surface area contributed by atoms with Crippen LogP contribution in [0, 0.1) is 5.92 Å². The van der Waals surface area contributed by atoms with Crippen molar-refractivity contribution in [2.24, 2.45) is 5.92 Å². The first-order chi connectivity index (χ1) is 12.7. The van der Waals surface area contributed by atoms with Crippen LogP contribution in [0.1, 0.15) is 49.4 Å². The number of carbonyl (C=O) groups excluding carboxylic acids is 1. The fourth-order valence-electron chi connectivity index (χ4n) is 3.76. The molecule has 0 radical (unpaired) electrons. The van der Waals surface area contributed by atoms with Crippen molar-refractivity contribution in [2.45, 2.75) is 38.3 Å². The van der Waals surface area contributed by atoms with Gasteiger partial charge >= 0.3 is 0 Å². The van der Waals surface area contributed by atoms with Crippen LogP contribution in [0.4, 0.5) is 0 Å². The van der Waals surface area contributed by atoms with Gasteiger partial charge in [-0.1, -0.05) is 37.6 Å². The normalized spacial score (nSPS) is 22.9. The summed E-state index contributed by atoms with van der Waals surface area (Å²) in [5.74, 6) is 2.01. The monoisotopic (exact) mass is 353 g/mol. The second-order valence-corrected chi connectivity index (χ2v) is 6.81. The molecule has 0 aliphatic carbocycles. The van der Waals surface area contributed by atoms with Gasteiger partial charge in [0.25, 0.3) is 0 Å². The molecule has 3 atom stereocenters. The smallest absolute Gasteiger partial charge is 0.139 e. The number of ketones is 1. The lowest BCUT2D eigenvalue weighted by Gasteiger charge is -2.37. The standard InChI is InChI=1S/C22H27NO3/c1-4-5-19-21(24)14-20(15-6-10-17(25-2)11-7-15)23-22(19)16-8-12-18(26-3)13-9-16/h6-13,19-20,22-23H,4-5,14H2,1-3H3/t19-,20-,22+/m0/s1. The maximum atomic E-state index is 12.9. The highest BCUT2D eigenvalue weighted by molar-refractivity contribution is 5.83. The zero-order valence-electron chi connectivity index (χ0n) is 15.7. The van der Waals surface area contributed by atoms with Crippen molar-refractivity contribution in [1.29, 1.82) is 0 Å². The fourth-order valence-corrected chi connectivity index (χ4v) is 3.76. The summed E-state index contributed by atoms with van der Waals surface area (Å²) < 4.78 is 10.5. The summed E-state index contributed by atoms with van der Waals surface area (Å²) in [6.45, 7) is 2.13. The number of benzene rings is 2. The summed E-state index contributed by atoms with van der Waals surface area (Å²) >= 11 is 0. The minimum Gasteiger partial charge on any atom is -0.497 e. The molecule has 4 heteroatoms. The molecule has 1 saturated heterocycles. The van der Waals surface area contributed by atoms with Crippen LogP contribution in [0.15, 0.2) is 48.5 Å². The second kappa shape index (κ2) is 8.37. The maximum Gasteiger partial charge on any atom is 0.139 e. The van der Waals surface area contributed by atoms with Crippen LogP contribution >= 0.6 is 0 Å². The topological polar surface area (TPSA) is 47.6 Å². The van der Waals surface area contributed by atoms with E-state index in [9.17, 15) is 4.79 Å². The van der Waals surface area contributed by atoms with Gasteiger partial charge in [0.05, 0.1) is 14.2 Å². The Kier molecular flexibility index (Phi) is 5.94. The van der Waals surface area contributed by atoms with E-state index in [4.69, 9.17) is 9.47 Å². The first kappa shape index (κ1) is 18.5. The Morgan fingerprint density at radius 2 is 1.46 bits per heavy atom. The van der Waals surface area contributed by atoms with Gasteiger partial charge in [0.15, 0.2) is 0 Å². The second-order valence-electron chi connectivity index (χ2n) is 6.81. The van der Waals surface area contributed by atoms with E-state index in [2.05, 4.69) is 24.4 Å². The van der Waals surface area contributed by atoms with Gasteiger partial charge in [-0.2, -0.15) is 0 Å². The Labute approximate surface area is 155 Å². The average Bonchev–Trinajstić information content (AvgIpc) is 2.69. The summed E-state index contributed by atoms with van der Waals surface area (Å²) in [4.78, 5) is 12.9.